The molecule has 2 aromatic heterocycles. The van der Waals surface area contributed by atoms with Crippen LogP contribution >= 0.6 is 0 Å². The fraction of sp³-hybridized carbons (Fsp3) is 0.385. The Morgan fingerprint density at radius 2 is 2.03 bits per heavy atom. The maximum atomic E-state index is 14.6. The van der Waals surface area contributed by atoms with Crippen molar-refractivity contribution in [3.8, 4) is 17.1 Å². The summed E-state index contributed by atoms with van der Waals surface area (Å²) in [6.45, 7) is 2.13. The van der Waals surface area contributed by atoms with Crippen LogP contribution in [0.4, 0.5) is 15.8 Å². The number of nitrogens with zero attached hydrogens (tertiary/aromatic N) is 3. The zero-order chi connectivity index (χ0) is 25.8. The molecule has 0 spiro atoms. The molecule has 190 valence electrons. The third-order valence-electron chi connectivity index (χ3n) is 6.82. The van der Waals surface area contributed by atoms with Gasteiger partial charge in [-0.2, -0.15) is 0 Å². The number of pyridine rings is 1. The molecule has 2 heterocycles. The number of benzene rings is 1. The average molecular weight is 495 g/mol. The topological polar surface area (TPSA) is 138 Å². The van der Waals surface area contributed by atoms with Gasteiger partial charge in [0.05, 0.1) is 42.5 Å². The summed E-state index contributed by atoms with van der Waals surface area (Å²) in [5.41, 5.74) is 14.0. The summed E-state index contributed by atoms with van der Waals surface area (Å²) >= 11 is 0. The lowest BCUT2D eigenvalue weighted by atomic mass is 9.73. The van der Waals surface area contributed by atoms with Crippen molar-refractivity contribution in [2.75, 3.05) is 25.3 Å². The van der Waals surface area contributed by atoms with Crippen LogP contribution in [-0.2, 0) is 4.74 Å². The molecule has 4 atom stereocenters. The Morgan fingerprint density at radius 3 is 2.75 bits per heavy atom. The van der Waals surface area contributed by atoms with Crippen molar-refractivity contribution in [3.63, 3.8) is 0 Å². The van der Waals surface area contributed by atoms with Crippen LogP contribution in [0.5, 0.6) is 5.75 Å². The number of carbonyl (C=O) groups excluding carboxylic acids is 1. The molecular formula is C26H31FN6O3. The molecule has 0 saturated heterocycles. The number of hydrogen-bond acceptors (Lipinski definition) is 8. The van der Waals surface area contributed by atoms with E-state index in [-0.39, 0.29) is 46.6 Å². The number of carbonyl (C=O) groups is 1. The lowest BCUT2D eigenvalue weighted by Crippen LogP contribution is -2.46. The minimum Gasteiger partial charge on any atom is -0.496 e. The third-order valence-corrected chi connectivity index (χ3v) is 6.82. The van der Waals surface area contributed by atoms with Crippen LogP contribution in [0.25, 0.3) is 11.4 Å². The fourth-order valence-electron chi connectivity index (χ4n) is 5.06. The average Bonchev–Trinajstić information content (AvgIpc) is 2.88. The molecule has 1 saturated carbocycles. The largest absolute Gasteiger partial charge is 0.496 e. The van der Waals surface area contributed by atoms with Crippen molar-refractivity contribution >= 4 is 17.3 Å². The van der Waals surface area contributed by atoms with Crippen molar-refractivity contribution in [2.45, 2.75) is 44.2 Å². The molecule has 1 fully saturated rings. The Hall–Kier alpha value is -3.63. The van der Waals surface area contributed by atoms with Crippen LogP contribution in [0.1, 0.15) is 48.2 Å². The van der Waals surface area contributed by atoms with Crippen molar-refractivity contribution in [3.05, 3.63) is 59.9 Å². The number of nitrogen functional groups attached to an aromatic ring is 1. The number of ether oxygens (including phenoxy) is 2. The highest BCUT2D eigenvalue weighted by Crippen LogP contribution is 2.41. The van der Waals surface area contributed by atoms with Gasteiger partial charge in [0.15, 0.2) is 11.5 Å². The molecule has 1 amide bonds. The lowest BCUT2D eigenvalue weighted by Gasteiger charge is -2.39. The van der Waals surface area contributed by atoms with Gasteiger partial charge in [0, 0.05) is 19.3 Å². The van der Waals surface area contributed by atoms with Gasteiger partial charge in [-0.3, -0.25) is 9.78 Å². The molecule has 4 unspecified atom stereocenters. The molecule has 1 aliphatic rings. The van der Waals surface area contributed by atoms with Crippen molar-refractivity contribution < 1.29 is 18.7 Å². The molecule has 1 aromatic carbocycles. The summed E-state index contributed by atoms with van der Waals surface area (Å²) in [6.07, 6.45) is 7.11. The lowest BCUT2D eigenvalue weighted by molar-refractivity contribution is 0.00154. The molecule has 4 rings (SSSR count). The van der Waals surface area contributed by atoms with E-state index in [0.29, 0.717) is 11.6 Å². The first-order valence-corrected chi connectivity index (χ1v) is 11.9. The monoisotopic (exact) mass is 494 g/mol. The number of rotatable bonds is 7. The van der Waals surface area contributed by atoms with Crippen LogP contribution in [-0.4, -0.2) is 47.2 Å². The van der Waals surface area contributed by atoms with Gasteiger partial charge in [0.25, 0.3) is 5.91 Å². The summed E-state index contributed by atoms with van der Waals surface area (Å²) in [7, 11) is 3.12. The van der Waals surface area contributed by atoms with Gasteiger partial charge in [-0.15, -0.1) is 0 Å². The minimum absolute atomic E-state index is 0.000685. The number of amides is 1. The maximum absolute atomic E-state index is 14.6. The number of hydrogen-bond donors (Lipinski definition) is 3. The maximum Gasteiger partial charge on any atom is 0.276 e. The van der Waals surface area contributed by atoms with Gasteiger partial charge in [0.2, 0.25) is 0 Å². The normalized spacial score (nSPS) is 21.7. The Bertz CT molecular complexity index is 1240. The van der Waals surface area contributed by atoms with Gasteiger partial charge < -0.3 is 26.3 Å². The van der Waals surface area contributed by atoms with E-state index in [4.69, 9.17) is 20.9 Å². The van der Waals surface area contributed by atoms with E-state index in [1.807, 2.05) is 6.07 Å². The Kier molecular flexibility index (Phi) is 7.76. The molecule has 1 aliphatic carbocycles. The molecule has 36 heavy (non-hydrogen) atoms. The number of aromatic nitrogens is 3. The number of methoxy groups -OCH3 is 2. The molecule has 0 radical (unpaired) electrons. The van der Waals surface area contributed by atoms with E-state index >= 15 is 0 Å². The van der Waals surface area contributed by atoms with E-state index < -0.39 is 11.7 Å². The second-order valence-electron chi connectivity index (χ2n) is 8.93. The molecule has 10 heteroatoms. The van der Waals surface area contributed by atoms with Gasteiger partial charge in [0.1, 0.15) is 11.6 Å². The fourth-order valence-corrected chi connectivity index (χ4v) is 5.06. The Morgan fingerprint density at radius 1 is 1.22 bits per heavy atom. The quantitative estimate of drug-likeness (QED) is 0.451. The van der Waals surface area contributed by atoms with Gasteiger partial charge >= 0.3 is 0 Å². The summed E-state index contributed by atoms with van der Waals surface area (Å²) in [6, 6.07) is 6.15. The molecular weight excluding hydrogens is 463 g/mol. The van der Waals surface area contributed by atoms with Gasteiger partial charge in [-0.05, 0) is 48.4 Å². The van der Waals surface area contributed by atoms with E-state index in [1.165, 1.54) is 25.4 Å². The minimum atomic E-state index is -0.575. The second kappa shape index (κ2) is 11.0. The molecule has 5 N–H and O–H groups in total. The van der Waals surface area contributed by atoms with Crippen molar-refractivity contribution in [1.29, 1.82) is 0 Å². The van der Waals surface area contributed by atoms with E-state index in [9.17, 15) is 9.18 Å². The highest BCUT2D eigenvalue weighted by Gasteiger charge is 2.36. The Balaban J connectivity index is 1.64. The SMILES string of the molecule is CCC1CC(c2ccncc2NC(=O)c2nc(-c3c(F)cccc3OC)ncc2N)CC(N)C1OC. The van der Waals surface area contributed by atoms with E-state index in [2.05, 4.69) is 27.2 Å². The van der Waals surface area contributed by atoms with Gasteiger partial charge in [-0.25, -0.2) is 14.4 Å². The summed E-state index contributed by atoms with van der Waals surface area (Å²) in [5.74, 6) is -0.470. The van der Waals surface area contributed by atoms with Crippen LogP contribution in [0, 0.1) is 11.7 Å². The summed E-state index contributed by atoms with van der Waals surface area (Å²) < 4.78 is 25.5. The summed E-state index contributed by atoms with van der Waals surface area (Å²) in [4.78, 5) is 25.9. The van der Waals surface area contributed by atoms with E-state index in [1.54, 1.807) is 25.6 Å². The zero-order valence-electron chi connectivity index (χ0n) is 20.6. The predicted octanol–water partition coefficient (Wildman–Crippen LogP) is 3.77. The molecule has 3 aromatic rings. The first kappa shape index (κ1) is 25.5. The van der Waals surface area contributed by atoms with Gasteiger partial charge in [-0.1, -0.05) is 19.4 Å². The molecule has 0 bridgehead atoms. The number of nitrogens with one attached hydrogen (secondary N) is 1. The number of nitrogens with two attached hydrogens (primary N) is 2. The highest BCUT2D eigenvalue weighted by molar-refractivity contribution is 6.06. The van der Waals surface area contributed by atoms with Crippen molar-refractivity contribution in [2.24, 2.45) is 11.7 Å². The third kappa shape index (κ3) is 5.00. The summed E-state index contributed by atoms with van der Waals surface area (Å²) in [5, 5.41) is 2.89. The smallest absolute Gasteiger partial charge is 0.276 e. The first-order chi connectivity index (χ1) is 17.4. The van der Waals surface area contributed by atoms with Crippen LogP contribution in [0.2, 0.25) is 0 Å². The van der Waals surface area contributed by atoms with Crippen molar-refractivity contribution in [1.82, 2.24) is 15.0 Å². The standard InChI is InChI=1S/C26H31FN6O3/c1-4-14-10-15(11-18(28)24(14)36-3)16-8-9-30-13-20(16)32-26(34)23-19(29)12-31-25(33-23)22-17(27)6-5-7-21(22)35-2/h5-9,12-15,18,24H,4,10-11,28-29H2,1-3H3,(H,32,34). The molecule has 9 nitrogen and oxygen atoms in total. The highest BCUT2D eigenvalue weighted by atomic mass is 19.1. The Labute approximate surface area is 209 Å². The number of anilines is 2. The predicted molar refractivity (Wildman–Crippen MR) is 135 cm³/mol. The second-order valence-corrected chi connectivity index (χ2v) is 8.93. The molecule has 0 aliphatic heterocycles. The van der Waals surface area contributed by atoms with E-state index in [0.717, 1.165) is 24.8 Å². The van der Waals surface area contributed by atoms with Crippen LogP contribution in [0.15, 0.2) is 42.9 Å². The zero-order valence-corrected chi connectivity index (χ0v) is 20.6. The van der Waals surface area contributed by atoms with Crippen LogP contribution < -0.4 is 21.5 Å². The number of halogens is 1. The first-order valence-electron chi connectivity index (χ1n) is 11.9. The van der Waals surface area contributed by atoms with Crippen LogP contribution in [0.3, 0.4) is 0 Å².